The van der Waals surface area contributed by atoms with Crippen LogP contribution < -0.4 is 15.4 Å². The summed E-state index contributed by atoms with van der Waals surface area (Å²) in [6.07, 6.45) is 3.46. The van der Waals surface area contributed by atoms with Gasteiger partial charge in [0.2, 0.25) is 0 Å². The van der Waals surface area contributed by atoms with Crippen molar-refractivity contribution in [3.63, 3.8) is 0 Å². The highest BCUT2D eigenvalue weighted by Crippen LogP contribution is 2.32. The third-order valence-electron chi connectivity index (χ3n) is 3.96. The molecule has 2 N–H and O–H groups in total. The molecule has 2 heterocycles. The molecule has 0 aliphatic carbocycles. The van der Waals surface area contributed by atoms with E-state index in [1.807, 2.05) is 6.07 Å². The first-order valence-corrected chi connectivity index (χ1v) is 8.46. The predicted molar refractivity (Wildman–Crippen MR) is 93.8 cm³/mol. The maximum Gasteiger partial charge on any atom is 0.269 e. The van der Waals surface area contributed by atoms with Gasteiger partial charge in [0.15, 0.2) is 0 Å². The number of nitrogens with one attached hydrogen (secondary N) is 2. The number of aromatic nitrogens is 1. The molecule has 0 saturated carbocycles. The summed E-state index contributed by atoms with van der Waals surface area (Å²) in [6, 6.07) is 9.19. The third-order valence-corrected chi connectivity index (χ3v) is 4.26. The second-order valence-electron chi connectivity index (χ2n) is 5.58. The standard InChI is InChI=1S/C18H20ClN3O2/c19-15-5-4-13-6-9-20-10-7-14(13)17(15)24-12-11-22-18(23)16-3-1-2-8-21-16/h1-5,8,20H,6-7,9-12H2,(H,22,23). The molecule has 3 rings (SSSR count). The van der Waals surface area contributed by atoms with Crippen LogP contribution in [0, 0.1) is 0 Å². The Morgan fingerprint density at radius 3 is 2.96 bits per heavy atom. The van der Waals surface area contributed by atoms with Crippen LogP contribution >= 0.6 is 11.6 Å². The molecule has 5 nitrogen and oxygen atoms in total. The van der Waals surface area contributed by atoms with Gasteiger partial charge in [-0.05, 0) is 49.7 Å². The zero-order valence-corrected chi connectivity index (χ0v) is 14.1. The fraction of sp³-hybridized carbons (Fsp3) is 0.333. The van der Waals surface area contributed by atoms with E-state index >= 15 is 0 Å². The summed E-state index contributed by atoms with van der Waals surface area (Å²) in [5, 5.41) is 6.80. The molecule has 0 atom stereocenters. The normalized spacial score (nSPS) is 13.7. The molecule has 1 aliphatic heterocycles. The maximum atomic E-state index is 11.9. The fourth-order valence-electron chi connectivity index (χ4n) is 2.77. The predicted octanol–water partition coefficient (Wildman–Crippen LogP) is 2.23. The van der Waals surface area contributed by atoms with Gasteiger partial charge in [0.25, 0.3) is 5.91 Å². The Balaban J connectivity index is 1.58. The molecule has 1 aliphatic rings. The van der Waals surface area contributed by atoms with E-state index in [0.717, 1.165) is 31.7 Å². The van der Waals surface area contributed by atoms with E-state index in [-0.39, 0.29) is 5.91 Å². The summed E-state index contributed by atoms with van der Waals surface area (Å²) in [7, 11) is 0. The maximum absolute atomic E-state index is 11.9. The topological polar surface area (TPSA) is 63.2 Å². The summed E-state index contributed by atoms with van der Waals surface area (Å²) < 4.78 is 5.88. The molecule has 1 aromatic carbocycles. The number of pyridine rings is 1. The van der Waals surface area contributed by atoms with E-state index in [1.54, 1.807) is 24.4 Å². The molecule has 126 valence electrons. The van der Waals surface area contributed by atoms with Crippen molar-refractivity contribution in [3.05, 3.63) is 58.4 Å². The minimum absolute atomic E-state index is 0.207. The van der Waals surface area contributed by atoms with Crippen LogP contribution in [0.2, 0.25) is 5.02 Å². The number of hydrogen-bond donors (Lipinski definition) is 2. The number of ether oxygens (including phenoxy) is 1. The number of nitrogens with zero attached hydrogens (tertiary/aromatic N) is 1. The van der Waals surface area contributed by atoms with Crippen LogP contribution in [0.5, 0.6) is 5.75 Å². The summed E-state index contributed by atoms with van der Waals surface area (Å²) in [4.78, 5) is 16.0. The Hall–Kier alpha value is -2.11. The molecule has 0 spiro atoms. The van der Waals surface area contributed by atoms with Gasteiger partial charge in [-0.3, -0.25) is 9.78 Å². The Morgan fingerprint density at radius 1 is 1.25 bits per heavy atom. The molecule has 0 fully saturated rings. The number of carbonyl (C=O) groups is 1. The van der Waals surface area contributed by atoms with Gasteiger partial charge in [-0.15, -0.1) is 0 Å². The van der Waals surface area contributed by atoms with Crippen molar-refractivity contribution in [3.8, 4) is 5.75 Å². The Kier molecular flexibility index (Phi) is 5.67. The van der Waals surface area contributed by atoms with Crippen molar-refractivity contribution in [1.29, 1.82) is 0 Å². The van der Waals surface area contributed by atoms with Crippen LogP contribution in [0.3, 0.4) is 0 Å². The lowest BCUT2D eigenvalue weighted by Crippen LogP contribution is -2.28. The van der Waals surface area contributed by atoms with E-state index in [2.05, 4.69) is 21.7 Å². The van der Waals surface area contributed by atoms with Crippen molar-refractivity contribution in [2.45, 2.75) is 12.8 Å². The fourth-order valence-corrected chi connectivity index (χ4v) is 3.00. The highest BCUT2D eigenvalue weighted by Gasteiger charge is 2.16. The summed E-state index contributed by atoms with van der Waals surface area (Å²) in [5.41, 5.74) is 2.84. The van der Waals surface area contributed by atoms with Gasteiger partial charge in [-0.25, -0.2) is 0 Å². The number of fused-ring (bicyclic) bond motifs is 1. The average molecular weight is 346 g/mol. The van der Waals surface area contributed by atoms with Crippen LogP contribution in [-0.4, -0.2) is 37.1 Å². The summed E-state index contributed by atoms with van der Waals surface area (Å²) in [5.74, 6) is 0.534. The van der Waals surface area contributed by atoms with Crippen LogP contribution in [-0.2, 0) is 12.8 Å². The van der Waals surface area contributed by atoms with Gasteiger partial charge >= 0.3 is 0 Å². The molecule has 6 heteroatoms. The van der Waals surface area contributed by atoms with E-state index in [0.29, 0.717) is 23.9 Å². The number of rotatable bonds is 5. The van der Waals surface area contributed by atoms with E-state index in [1.165, 1.54) is 11.1 Å². The van der Waals surface area contributed by atoms with Crippen LogP contribution in [0.25, 0.3) is 0 Å². The minimum Gasteiger partial charge on any atom is -0.490 e. The number of amides is 1. The minimum atomic E-state index is -0.207. The number of benzene rings is 1. The van der Waals surface area contributed by atoms with Gasteiger partial charge in [0, 0.05) is 11.8 Å². The van der Waals surface area contributed by atoms with Crippen molar-refractivity contribution < 1.29 is 9.53 Å². The molecule has 0 saturated heterocycles. The first-order chi connectivity index (χ1) is 11.8. The van der Waals surface area contributed by atoms with Gasteiger partial charge in [0.1, 0.15) is 18.1 Å². The lowest BCUT2D eigenvalue weighted by atomic mass is 10.0. The quantitative estimate of drug-likeness (QED) is 0.816. The second-order valence-corrected chi connectivity index (χ2v) is 5.99. The number of halogens is 1. The Bertz CT molecular complexity index is 707. The van der Waals surface area contributed by atoms with Crippen molar-refractivity contribution in [2.24, 2.45) is 0 Å². The first kappa shape index (κ1) is 16.7. The first-order valence-electron chi connectivity index (χ1n) is 8.08. The molecule has 1 amide bonds. The third kappa shape index (κ3) is 4.04. The average Bonchev–Trinajstić information content (AvgIpc) is 2.86. The van der Waals surface area contributed by atoms with E-state index in [4.69, 9.17) is 16.3 Å². The highest BCUT2D eigenvalue weighted by molar-refractivity contribution is 6.32. The van der Waals surface area contributed by atoms with Gasteiger partial charge in [0.05, 0.1) is 11.6 Å². The largest absolute Gasteiger partial charge is 0.490 e. The SMILES string of the molecule is O=C(NCCOc1c(Cl)ccc2c1CCNCC2)c1ccccn1. The lowest BCUT2D eigenvalue weighted by molar-refractivity contribution is 0.0942. The Labute approximate surface area is 146 Å². The molecular formula is C18H20ClN3O2. The van der Waals surface area contributed by atoms with E-state index < -0.39 is 0 Å². The summed E-state index contributed by atoms with van der Waals surface area (Å²) >= 11 is 6.31. The zero-order valence-electron chi connectivity index (χ0n) is 13.3. The smallest absolute Gasteiger partial charge is 0.269 e. The van der Waals surface area contributed by atoms with Gasteiger partial charge in [-0.1, -0.05) is 23.7 Å². The lowest BCUT2D eigenvalue weighted by Gasteiger charge is -2.15. The number of carbonyl (C=O) groups excluding carboxylic acids is 1. The number of hydrogen-bond acceptors (Lipinski definition) is 4. The summed E-state index contributed by atoms with van der Waals surface area (Å²) in [6.45, 7) is 2.64. The second kappa shape index (κ2) is 8.13. The van der Waals surface area contributed by atoms with Crippen LogP contribution in [0.4, 0.5) is 0 Å². The van der Waals surface area contributed by atoms with E-state index in [9.17, 15) is 4.79 Å². The monoisotopic (exact) mass is 345 g/mol. The van der Waals surface area contributed by atoms with Gasteiger partial charge < -0.3 is 15.4 Å². The van der Waals surface area contributed by atoms with Crippen molar-refractivity contribution in [1.82, 2.24) is 15.6 Å². The molecular weight excluding hydrogens is 326 g/mol. The molecule has 24 heavy (non-hydrogen) atoms. The van der Waals surface area contributed by atoms with Crippen LogP contribution in [0.15, 0.2) is 36.5 Å². The zero-order chi connectivity index (χ0) is 16.8. The van der Waals surface area contributed by atoms with Crippen molar-refractivity contribution >= 4 is 17.5 Å². The molecule has 2 aromatic rings. The molecule has 0 unspecified atom stereocenters. The molecule has 0 radical (unpaired) electrons. The highest BCUT2D eigenvalue weighted by atomic mass is 35.5. The molecule has 1 aromatic heterocycles. The molecule has 0 bridgehead atoms. The van der Waals surface area contributed by atoms with Crippen LogP contribution in [0.1, 0.15) is 21.6 Å². The Morgan fingerprint density at radius 2 is 2.12 bits per heavy atom. The van der Waals surface area contributed by atoms with Gasteiger partial charge in [-0.2, -0.15) is 0 Å². The van der Waals surface area contributed by atoms with Crippen molar-refractivity contribution in [2.75, 3.05) is 26.2 Å².